The number of aliphatic hydroxyl groups is 1. The van der Waals surface area contributed by atoms with Crippen molar-refractivity contribution in [2.24, 2.45) is 5.92 Å². The Hall–Kier alpha value is -3.38. The van der Waals surface area contributed by atoms with Crippen LogP contribution in [0.4, 0.5) is 11.4 Å². The molecule has 2 N–H and O–H groups in total. The Morgan fingerprint density at radius 1 is 1.12 bits per heavy atom. The van der Waals surface area contributed by atoms with E-state index in [-0.39, 0.29) is 36.0 Å². The molecular formula is C32H41N5O5Si. The molecule has 2 fully saturated rings. The molecule has 4 heterocycles. The average Bonchev–Trinajstić information content (AvgIpc) is 3.63. The van der Waals surface area contributed by atoms with Crippen LogP contribution in [0.3, 0.4) is 0 Å². The maximum Gasteiger partial charge on any atom is 0.264 e. The van der Waals surface area contributed by atoms with Gasteiger partial charge in [0.15, 0.2) is 13.9 Å². The predicted molar refractivity (Wildman–Crippen MR) is 165 cm³/mol. The third-order valence-corrected chi connectivity index (χ3v) is 11.9. The molecule has 3 aliphatic heterocycles. The lowest BCUT2D eigenvalue weighted by molar-refractivity contribution is -0.146. The number of ether oxygens (including phenoxy) is 1. The summed E-state index contributed by atoms with van der Waals surface area (Å²) in [4.78, 5) is 42.4. The molecule has 2 aromatic carbocycles. The molecule has 6 rings (SSSR count). The van der Waals surface area contributed by atoms with Gasteiger partial charge in [0, 0.05) is 61.4 Å². The molecule has 2 saturated heterocycles. The highest BCUT2D eigenvalue weighted by Crippen LogP contribution is 2.59. The van der Waals surface area contributed by atoms with Crippen molar-refractivity contribution in [3.8, 4) is 0 Å². The van der Waals surface area contributed by atoms with Crippen LogP contribution in [-0.2, 0) is 39.4 Å². The Morgan fingerprint density at radius 2 is 1.93 bits per heavy atom. The molecule has 228 valence electrons. The van der Waals surface area contributed by atoms with Crippen LogP contribution in [0.2, 0.25) is 18.6 Å². The molecule has 1 spiro atoms. The van der Waals surface area contributed by atoms with Crippen molar-refractivity contribution in [1.29, 1.82) is 0 Å². The molecule has 4 atom stereocenters. The summed E-state index contributed by atoms with van der Waals surface area (Å²) in [5.74, 6) is -0.222. The lowest BCUT2D eigenvalue weighted by Crippen LogP contribution is -2.46. The number of amides is 2. The summed E-state index contributed by atoms with van der Waals surface area (Å²) in [5.41, 5.74) is 2.80. The number of hydrogen-bond acceptors (Lipinski definition) is 7. The molecule has 0 saturated carbocycles. The van der Waals surface area contributed by atoms with E-state index in [4.69, 9.17) is 4.74 Å². The third-order valence-electron chi connectivity index (χ3n) is 9.37. The zero-order chi connectivity index (χ0) is 30.4. The number of anilines is 2. The van der Waals surface area contributed by atoms with Crippen molar-refractivity contribution in [2.75, 3.05) is 23.0 Å². The first-order valence-electron chi connectivity index (χ1n) is 15.3. The van der Waals surface area contributed by atoms with Gasteiger partial charge in [0.2, 0.25) is 5.91 Å². The molecule has 3 aliphatic rings. The minimum Gasteiger partial charge on any atom is -0.432 e. The van der Waals surface area contributed by atoms with E-state index in [2.05, 4.69) is 10.3 Å². The molecule has 0 radical (unpaired) electrons. The van der Waals surface area contributed by atoms with E-state index in [9.17, 15) is 19.5 Å². The second-order valence-electron chi connectivity index (χ2n) is 12.7. The molecule has 0 bridgehead atoms. The van der Waals surface area contributed by atoms with Gasteiger partial charge in [0.1, 0.15) is 0 Å². The number of para-hydroxylation sites is 1. The highest BCUT2D eigenvalue weighted by Gasteiger charge is 2.66. The Labute approximate surface area is 253 Å². The Bertz CT molecular complexity index is 1510. The van der Waals surface area contributed by atoms with E-state index in [0.717, 1.165) is 41.0 Å². The zero-order valence-electron chi connectivity index (χ0n) is 25.1. The maximum absolute atomic E-state index is 14.6. The third kappa shape index (κ3) is 5.32. The lowest BCUT2D eigenvalue weighted by Gasteiger charge is -2.32. The van der Waals surface area contributed by atoms with E-state index in [0.29, 0.717) is 38.9 Å². The van der Waals surface area contributed by atoms with Crippen LogP contribution in [0.5, 0.6) is 0 Å². The SMILES string of the molecule is C[C@@H]1[C@@H]([Si](C)(C)O)[C@H](CCn2cc(CCO)nn2)O[C@@]12C(=O)N(Cc1cccc(N3CCCCC3=O)c1)c1ccccc12. The van der Waals surface area contributed by atoms with Gasteiger partial charge in [-0.2, -0.15) is 0 Å². The van der Waals surface area contributed by atoms with Gasteiger partial charge in [-0.1, -0.05) is 42.5 Å². The molecule has 10 nitrogen and oxygen atoms in total. The van der Waals surface area contributed by atoms with Crippen LogP contribution >= 0.6 is 0 Å². The van der Waals surface area contributed by atoms with Crippen LogP contribution in [0.25, 0.3) is 0 Å². The number of rotatable bonds is 9. The van der Waals surface area contributed by atoms with Crippen molar-refractivity contribution in [3.63, 3.8) is 0 Å². The Balaban J connectivity index is 1.30. The van der Waals surface area contributed by atoms with E-state index < -0.39 is 13.9 Å². The van der Waals surface area contributed by atoms with E-state index in [1.54, 1.807) is 4.68 Å². The Morgan fingerprint density at radius 3 is 2.70 bits per heavy atom. The van der Waals surface area contributed by atoms with Gasteiger partial charge < -0.3 is 24.4 Å². The fourth-order valence-electron chi connectivity index (χ4n) is 7.48. The van der Waals surface area contributed by atoms with Crippen LogP contribution in [0.15, 0.2) is 54.7 Å². The van der Waals surface area contributed by atoms with E-state index in [1.165, 1.54) is 0 Å². The second kappa shape index (κ2) is 11.6. The van der Waals surface area contributed by atoms with Crippen LogP contribution in [0.1, 0.15) is 49.4 Å². The molecule has 11 heteroatoms. The molecule has 1 aromatic heterocycles. The number of fused-ring (bicyclic) bond motifs is 2. The lowest BCUT2D eigenvalue weighted by atomic mass is 9.82. The van der Waals surface area contributed by atoms with E-state index in [1.807, 2.05) is 84.5 Å². The minimum atomic E-state index is -2.78. The van der Waals surface area contributed by atoms with Gasteiger partial charge in [-0.15, -0.1) is 5.10 Å². The quantitative estimate of drug-likeness (QED) is 0.357. The van der Waals surface area contributed by atoms with Crippen molar-refractivity contribution < 1.29 is 24.2 Å². The number of aliphatic hydroxyl groups excluding tert-OH is 1. The highest BCUT2D eigenvalue weighted by molar-refractivity contribution is 6.71. The standard InChI is InChI=1S/C32H41N5O5Si/c1-22-30(43(2,3)41)28(14-17-35-21-24(15-18-38)33-34-35)42-32(22)26-11-4-5-12-27(26)37(31(32)40)20-23-9-8-10-25(19-23)36-16-7-6-13-29(36)39/h4-5,8-12,19,21-22,28,30,38,41H,6-7,13-18,20H2,1-3H3/t22-,28+,30-,32+/m1/s1. The fraction of sp³-hybridized carbons (Fsp3) is 0.500. The number of carbonyl (C=O) groups is 2. The Kier molecular flexibility index (Phi) is 8.01. The van der Waals surface area contributed by atoms with Gasteiger partial charge >= 0.3 is 0 Å². The summed E-state index contributed by atoms with van der Waals surface area (Å²) in [7, 11) is -2.78. The van der Waals surface area contributed by atoms with E-state index >= 15 is 0 Å². The van der Waals surface area contributed by atoms with Gasteiger partial charge in [0.05, 0.1) is 24.0 Å². The molecule has 43 heavy (non-hydrogen) atoms. The largest absolute Gasteiger partial charge is 0.432 e. The second-order valence-corrected chi connectivity index (χ2v) is 16.7. The van der Waals surface area contributed by atoms with Gasteiger partial charge in [-0.3, -0.25) is 14.3 Å². The normalized spacial score (nSPS) is 25.7. The van der Waals surface area contributed by atoms with Gasteiger partial charge in [-0.25, -0.2) is 0 Å². The smallest absolute Gasteiger partial charge is 0.264 e. The fourth-order valence-corrected chi connectivity index (χ4v) is 10.1. The molecule has 2 amide bonds. The number of hydrogen-bond donors (Lipinski definition) is 2. The first-order valence-corrected chi connectivity index (χ1v) is 18.4. The summed E-state index contributed by atoms with van der Waals surface area (Å²) in [5, 5.41) is 17.6. The summed E-state index contributed by atoms with van der Waals surface area (Å²) in [6, 6.07) is 15.8. The number of carbonyl (C=O) groups excluding carboxylic acids is 2. The number of aryl methyl sites for hydroxylation is 1. The first kappa shape index (κ1) is 29.7. The number of aromatic nitrogens is 3. The number of nitrogens with zero attached hydrogens (tertiary/aromatic N) is 5. The summed E-state index contributed by atoms with van der Waals surface area (Å²) < 4.78 is 8.65. The zero-order valence-corrected chi connectivity index (χ0v) is 26.1. The minimum absolute atomic E-state index is 0.00946. The van der Waals surface area contributed by atoms with Crippen molar-refractivity contribution in [2.45, 2.75) is 82.5 Å². The van der Waals surface area contributed by atoms with Crippen LogP contribution in [-0.4, -0.2) is 64.3 Å². The van der Waals surface area contributed by atoms with Crippen LogP contribution in [0, 0.1) is 5.92 Å². The molecule has 0 unspecified atom stereocenters. The monoisotopic (exact) mass is 603 g/mol. The summed E-state index contributed by atoms with van der Waals surface area (Å²) in [6.45, 7) is 7.49. The summed E-state index contributed by atoms with van der Waals surface area (Å²) in [6.07, 6.45) is 4.96. The molecule has 0 aliphatic carbocycles. The number of piperidine rings is 1. The van der Waals surface area contributed by atoms with Crippen molar-refractivity contribution in [3.05, 3.63) is 71.5 Å². The topological polar surface area (TPSA) is 121 Å². The van der Waals surface area contributed by atoms with Crippen molar-refractivity contribution >= 4 is 31.5 Å². The van der Waals surface area contributed by atoms with Crippen LogP contribution < -0.4 is 9.80 Å². The first-order chi connectivity index (χ1) is 20.6. The van der Waals surface area contributed by atoms with Gasteiger partial charge in [-0.05, 0) is 56.1 Å². The molecule has 3 aromatic rings. The maximum atomic E-state index is 14.6. The number of benzene rings is 2. The average molecular weight is 604 g/mol. The highest BCUT2D eigenvalue weighted by atomic mass is 28.4. The van der Waals surface area contributed by atoms with Crippen molar-refractivity contribution in [1.82, 2.24) is 15.0 Å². The molecular weight excluding hydrogens is 562 g/mol. The van der Waals surface area contributed by atoms with Gasteiger partial charge in [0.25, 0.3) is 5.91 Å². The predicted octanol–water partition coefficient (Wildman–Crippen LogP) is 3.76. The summed E-state index contributed by atoms with van der Waals surface area (Å²) >= 11 is 0.